The number of nitrogens with zero attached hydrogens (tertiary/aromatic N) is 2. The van der Waals surface area contributed by atoms with E-state index in [-0.39, 0.29) is 0 Å². The Morgan fingerprint density at radius 2 is 2.25 bits per heavy atom. The van der Waals surface area contributed by atoms with Crippen LogP contribution in [0, 0.1) is 12.7 Å². The number of hydrogen-bond donors (Lipinski definition) is 2. The van der Waals surface area contributed by atoms with Crippen molar-refractivity contribution in [2.24, 2.45) is 12.8 Å². The molecule has 2 aromatic rings. The lowest BCUT2D eigenvalue weighted by atomic mass is 10.1. The second-order valence-corrected chi connectivity index (χ2v) is 5.35. The highest BCUT2D eigenvalue weighted by molar-refractivity contribution is 9.10. The molecule has 7 heteroatoms. The topological polar surface area (TPSA) is 72.9 Å². The lowest BCUT2D eigenvalue weighted by molar-refractivity contribution is -0.117. The molecule has 1 heterocycles. The molecule has 0 radical (unpaired) electrons. The number of carbonyl (C=O) groups excluding carboxylic acids is 1. The van der Waals surface area contributed by atoms with Gasteiger partial charge in [-0.3, -0.25) is 9.48 Å². The van der Waals surface area contributed by atoms with Crippen LogP contribution in [0.4, 0.5) is 10.1 Å². The van der Waals surface area contributed by atoms with Crippen molar-refractivity contribution in [3.63, 3.8) is 0 Å². The minimum absolute atomic E-state index is 0.351. The van der Waals surface area contributed by atoms with Crippen LogP contribution in [-0.2, 0) is 11.8 Å². The van der Waals surface area contributed by atoms with E-state index in [4.69, 9.17) is 5.73 Å². The van der Waals surface area contributed by atoms with E-state index in [0.717, 1.165) is 5.56 Å². The molecule has 1 aromatic carbocycles. The molecular formula is C13H14BrFN4O. The average molecular weight is 341 g/mol. The van der Waals surface area contributed by atoms with Crippen LogP contribution in [0.5, 0.6) is 0 Å². The van der Waals surface area contributed by atoms with Crippen molar-refractivity contribution >= 4 is 27.5 Å². The van der Waals surface area contributed by atoms with Gasteiger partial charge in [0.2, 0.25) is 5.91 Å². The Morgan fingerprint density at radius 3 is 2.85 bits per heavy atom. The van der Waals surface area contributed by atoms with Crippen LogP contribution in [0.2, 0.25) is 0 Å². The van der Waals surface area contributed by atoms with Crippen molar-refractivity contribution in [1.29, 1.82) is 0 Å². The zero-order valence-electron chi connectivity index (χ0n) is 11.0. The van der Waals surface area contributed by atoms with Crippen molar-refractivity contribution in [2.45, 2.75) is 13.0 Å². The van der Waals surface area contributed by atoms with E-state index >= 15 is 0 Å². The number of amides is 1. The van der Waals surface area contributed by atoms with Gasteiger partial charge in [-0.15, -0.1) is 0 Å². The lowest BCUT2D eigenvalue weighted by Crippen LogP contribution is -2.27. The molecule has 1 amide bonds. The molecule has 20 heavy (non-hydrogen) atoms. The molecule has 106 valence electrons. The molecule has 1 aromatic heterocycles. The minimum Gasteiger partial charge on any atom is -0.324 e. The number of nitrogens with two attached hydrogens (primary N) is 1. The molecule has 0 aliphatic carbocycles. The third kappa shape index (κ3) is 3.05. The highest BCUT2D eigenvalue weighted by Gasteiger charge is 2.18. The first kappa shape index (κ1) is 14.7. The maximum Gasteiger partial charge on any atom is 0.246 e. The van der Waals surface area contributed by atoms with Crippen molar-refractivity contribution in [2.75, 3.05) is 5.32 Å². The number of aromatic nitrogens is 2. The Balaban J connectivity index is 2.17. The van der Waals surface area contributed by atoms with Crippen LogP contribution < -0.4 is 11.1 Å². The summed E-state index contributed by atoms with van der Waals surface area (Å²) in [7, 11) is 1.74. The summed E-state index contributed by atoms with van der Waals surface area (Å²) in [6.45, 7) is 1.77. The van der Waals surface area contributed by atoms with Crippen molar-refractivity contribution in [3.05, 3.63) is 45.9 Å². The van der Waals surface area contributed by atoms with Gasteiger partial charge in [-0.25, -0.2) is 4.39 Å². The predicted octanol–water partition coefficient (Wildman–Crippen LogP) is 2.27. The smallest absolute Gasteiger partial charge is 0.246 e. The van der Waals surface area contributed by atoms with Gasteiger partial charge in [0.15, 0.2) is 0 Å². The average Bonchev–Trinajstić information content (AvgIpc) is 2.81. The molecule has 0 spiro atoms. The molecule has 2 rings (SSSR count). The number of rotatable bonds is 3. The van der Waals surface area contributed by atoms with E-state index in [1.54, 1.807) is 30.9 Å². The zero-order chi connectivity index (χ0) is 14.9. The van der Waals surface area contributed by atoms with Gasteiger partial charge in [0.25, 0.3) is 0 Å². The Kier molecular flexibility index (Phi) is 4.20. The summed E-state index contributed by atoms with van der Waals surface area (Å²) >= 11 is 3.09. The van der Waals surface area contributed by atoms with Gasteiger partial charge < -0.3 is 11.1 Å². The number of hydrogen-bond acceptors (Lipinski definition) is 3. The molecule has 1 atom stereocenters. The van der Waals surface area contributed by atoms with Crippen molar-refractivity contribution in [3.8, 4) is 0 Å². The fraction of sp³-hybridized carbons (Fsp3) is 0.231. The Morgan fingerprint density at radius 1 is 1.55 bits per heavy atom. The number of carbonyl (C=O) groups is 1. The number of nitrogens with one attached hydrogen (secondary N) is 1. The SMILES string of the molecule is Cc1cc(Br)c(F)cc1NC(=O)C(N)c1cnn(C)c1. The van der Waals surface area contributed by atoms with E-state index in [1.165, 1.54) is 12.3 Å². The maximum atomic E-state index is 13.5. The first-order valence-corrected chi connectivity index (χ1v) is 6.68. The zero-order valence-corrected chi connectivity index (χ0v) is 12.6. The first-order chi connectivity index (χ1) is 9.38. The number of anilines is 1. The third-order valence-corrected chi connectivity index (χ3v) is 3.50. The van der Waals surface area contributed by atoms with Crippen LogP contribution in [0.3, 0.4) is 0 Å². The summed E-state index contributed by atoms with van der Waals surface area (Å²) in [6.07, 6.45) is 3.19. The highest BCUT2D eigenvalue weighted by Crippen LogP contribution is 2.24. The van der Waals surface area contributed by atoms with Crippen LogP contribution >= 0.6 is 15.9 Å². The molecule has 0 bridgehead atoms. The number of halogens is 2. The summed E-state index contributed by atoms with van der Waals surface area (Å²) in [4.78, 5) is 12.1. The quantitative estimate of drug-likeness (QED) is 0.900. The largest absolute Gasteiger partial charge is 0.324 e. The van der Waals surface area contributed by atoms with Gasteiger partial charge >= 0.3 is 0 Å². The van der Waals surface area contributed by atoms with Crippen LogP contribution in [0.1, 0.15) is 17.2 Å². The van der Waals surface area contributed by atoms with Crippen LogP contribution in [-0.4, -0.2) is 15.7 Å². The van der Waals surface area contributed by atoms with Gasteiger partial charge in [-0.1, -0.05) is 0 Å². The molecule has 5 nitrogen and oxygen atoms in total. The van der Waals surface area contributed by atoms with E-state index in [1.807, 2.05) is 0 Å². The maximum absolute atomic E-state index is 13.5. The minimum atomic E-state index is -0.852. The van der Waals surface area contributed by atoms with Crippen molar-refractivity contribution < 1.29 is 9.18 Å². The summed E-state index contributed by atoms with van der Waals surface area (Å²) in [5.74, 6) is -0.858. The van der Waals surface area contributed by atoms with E-state index < -0.39 is 17.8 Å². The third-order valence-electron chi connectivity index (χ3n) is 2.89. The summed E-state index contributed by atoms with van der Waals surface area (Å²) in [5, 5.41) is 6.58. The Labute approximate surface area is 124 Å². The van der Waals surface area contributed by atoms with Crippen LogP contribution in [0.25, 0.3) is 0 Å². The van der Waals surface area contributed by atoms with Gasteiger partial charge in [0.1, 0.15) is 11.9 Å². The molecule has 0 aliphatic heterocycles. The second-order valence-electron chi connectivity index (χ2n) is 4.50. The van der Waals surface area contributed by atoms with E-state index in [0.29, 0.717) is 15.7 Å². The first-order valence-electron chi connectivity index (χ1n) is 5.89. The van der Waals surface area contributed by atoms with E-state index in [2.05, 4.69) is 26.3 Å². The fourth-order valence-electron chi connectivity index (χ4n) is 1.74. The fourth-order valence-corrected chi connectivity index (χ4v) is 2.20. The molecule has 0 fully saturated rings. The van der Waals surface area contributed by atoms with Gasteiger partial charge in [-0.2, -0.15) is 5.10 Å². The predicted molar refractivity (Wildman–Crippen MR) is 77.6 cm³/mol. The number of aryl methyl sites for hydroxylation is 2. The monoisotopic (exact) mass is 340 g/mol. The Hall–Kier alpha value is -1.73. The molecule has 0 saturated carbocycles. The molecule has 1 unspecified atom stereocenters. The van der Waals surface area contributed by atoms with Gasteiger partial charge in [0.05, 0.1) is 10.7 Å². The molecule has 3 N–H and O–H groups in total. The Bertz CT molecular complexity index is 656. The highest BCUT2D eigenvalue weighted by atomic mass is 79.9. The number of benzene rings is 1. The summed E-state index contributed by atoms with van der Waals surface area (Å²) < 4.78 is 15.4. The van der Waals surface area contributed by atoms with Crippen molar-refractivity contribution in [1.82, 2.24) is 9.78 Å². The normalized spacial score (nSPS) is 12.2. The molecular weight excluding hydrogens is 327 g/mol. The lowest BCUT2D eigenvalue weighted by Gasteiger charge is -2.13. The molecule has 0 saturated heterocycles. The molecule has 0 aliphatic rings. The van der Waals surface area contributed by atoms with Gasteiger partial charge in [-0.05, 0) is 40.5 Å². The van der Waals surface area contributed by atoms with Gasteiger partial charge in [0, 0.05) is 24.5 Å². The summed E-state index contributed by atoms with van der Waals surface area (Å²) in [5.41, 5.74) is 7.59. The van der Waals surface area contributed by atoms with E-state index in [9.17, 15) is 9.18 Å². The van der Waals surface area contributed by atoms with Crippen LogP contribution in [0.15, 0.2) is 29.0 Å². The second kappa shape index (κ2) is 5.72. The standard InChI is InChI=1S/C13H14BrFN4O/c1-7-3-9(14)10(15)4-11(7)18-13(20)12(16)8-5-17-19(2)6-8/h3-6,12H,16H2,1-2H3,(H,18,20). The summed E-state index contributed by atoms with van der Waals surface area (Å²) in [6, 6.07) is 2.00.